The maximum absolute atomic E-state index is 13.2. The number of benzene rings is 1. The average molecular weight is 413 g/mol. The standard InChI is InChI=1S/C12H6Br2ClFOS/c13-7-5-10(18-12(7)14)9(17)4-6-2-1-3-8(16)11(6)15/h1-3,5H,4H2. The van der Waals surface area contributed by atoms with E-state index in [2.05, 4.69) is 31.9 Å². The van der Waals surface area contributed by atoms with Crippen molar-refractivity contribution < 1.29 is 9.18 Å². The van der Waals surface area contributed by atoms with Crippen molar-refractivity contribution in [2.45, 2.75) is 6.42 Å². The molecule has 0 spiro atoms. The third-order valence-electron chi connectivity index (χ3n) is 2.30. The first-order chi connectivity index (χ1) is 8.49. The summed E-state index contributed by atoms with van der Waals surface area (Å²) in [4.78, 5) is 12.6. The van der Waals surface area contributed by atoms with E-state index in [4.69, 9.17) is 11.6 Å². The van der Waals surface area contributed by atoms with Crippen LogP contribution in [0.1, 0.15) is 15.2 Å². The third-order valence-corrected chi connectivity index (χ3v) is 6.02. The van der Waals surface area contributed by atoms with E-state index in [1.165, 1.54) is 17.4 Å². The molecule has 6 heteroatoms. The molecule has 1 heterocycles. The van der Waals surface area contributed by atoms with E-state index in [0.29, 0.717) is 10.4 Å². The summed E-state index contributed by atoms with van der Waals surface area (Å²) in [5.41, 5.74) is 0.502. The lowest BCUT2D eigenvalue weighted by molar-refractivity contribution is 0.0997. The van der Waals surface area contributed by atoms with E-state index < -0.39 is 5.82 Å². The van der Waals surface area contributed by atoms with Crippen LogP contribution in [0.25, 0.3) is 0 Å². The molecule has 0 amide bonds. The highest BCUT2D eigenvalue weighted by molar-refractivity contribution is 9.13. The van der Waals surface area contributed by atoms with E-state index in [1.54, 1.807) is 18.2 Å². The van der Waals surface area contributed by atoms with Gasteiger partial charge in [-0.05, 0) is 49.6 Å². The predicted molar refractivity (Wildman–Crippen MR) is 79.2 cm³/mol. The maximum Gasteiger partial charge on any atom is 0.177 e. The fourth-order valence-electron chi connectivity index (χ4n) is 1.43. The minimum atomic E-state index is -0.504. The van der Waals surface area contributed by atoms with Gasteiger partial charge in [0.2, 0.25) is 0 Å². The SMILES string of the molecule is O=C(Cc1cccc(F)c1Cl)c1cc(Br)c(Br)s1. The number of hydrogen-bond donors (Lipinski definition) is 0. The fraction of sp³-hybridized carbons (Fsp3) is 0.0833. The van der Waals surface area contributed by atoms with Crippen molar-refractivity contribution in [2.75, 3.05) is 0 Å². The number of ketones is 1. The van der Waals surface area contributed by atoms with Crippen LogP contribution >= 0.6 is 54.8 Å². The zero-order valence-corrected chi connectivity index (χ0v) is 13.6. The van der Waals surface area contributed by atoms with E-state index >= 15 is 0 Å². The van der Waals surface area contributed by atoms with Gasteiger partial charge < -0.3 is 0 Å². The van der Waals surface area contributed by atoms with Gasteiger partial charge in [0.05, 0.1) is 13.7 Å². The first-order valence-corrected chi connectivity index (χ1v) is 7.68. The molecule has 0 saturated carbocycles. The quantitative estimate of drug-likeness (QED) is 0.609. The molecule has 0 unspecified atom stereocenters. The van der Waals surface area contributed by atoms with Gasteiger partial charge in [-0.1, -0.05) is 23.7 Å². The Hall–Kier alpha value is -0.230. The molecule has 2 aromatic rings. The smallest absolute Gasteiger partial charge is 0.177 e. The van der Waals surface area contributed by atoms with Gasteiger partial charge in [-0.2, -0.15) is 0 Å². The van der Waals surface area contributed by atoms with Gasteiger partial charge in [0, 0.05) is 10.9 Å². The summed E-state index contributed by atoms with van der Waals surface area (Å²) in [6.45, 7) is 0. The van der Waals surface area contributed by atoms with E-state index in [1.807, 2.05) is 0 Å². The Balaban J connectivity index is 2.24. The Labute approximate surface area is 129 Å². The normalized spacial score (nSPS) is 10.7. The Morgan fingerprint density at radius 2 is 2.11 bits per heavy atom. The number of rotatable bonds is 3. The van der Waals surface area contributed by atoms with Crippen LogP contribution in [0.4, 0.5) is 4.39 Å². The van der Waals surface area contributed by atoms with Crippen LogP contribution in [-0.4, -0.2) is 5.78 Å². The van der Waals surface area contributed by atoms with E-state index in [0.717, 1.165) is 8.26 Å². The molecule has 94 valence electrons. The Morgan fingerprint density at radius 1 is 1.39 bits per heavy atom. The number of carbonyl (C=O) groups is 1. The highest BCUT2D eigenvalue weighted by atomic mass is 79.9. The van der Waals surface area contributed by atoms with Gasteiger partial charge in [-0.25, -0.2) is 4.39 Å². The molecular formula is C12H6Br2ClFOS. The second-order valence-corrected chi connectivity index (χ2v) is 7.15. The molecular weight excluding hydrogens is 406 g/mol. The maximum atomic E-state index is 13.2. The minimum Gasteiger partial charge on any atom is -0.293 e. The van der Waals surface area contributed by atoms with Gasteiger partial charge in [-0.15, -0.1) is 11.3 Å². The summed E-state index contributed by atoms with van der Waals surface area (Å²) in [6, 6.07) is 6.21. The summed E-state index contributed by atoms with van der Waals surface area (Å²) in [5, 5.41) is 0.0144. The van der Waals surface area contributed by atoms with Gasteiger partial charge in [-0.3, -0.25) is 4.79 Å². The van der Waals surface area contributed by atoms with Crippen LogP contribution in [0.5, 0.6) is 0 Å². The highest BCUT2D eigenvalue weighted by Gasteiger charge is 2.15. The van der Waals surface area contributed by atoms with Gasteiger partial charge >= 0.3 is 0 Å². The summed E-state index contributed by atoms with van der Waals surface area (Å²) in [6.07, 6.45) is 0.0932. The molecule has 0 aliphatic rings. The lowest BCUT2D eigenvalue weighted by Crippen LogP contribution is -2.02. The van der Waals surface area contributed by atoms with Crippen molar-refractivity contribution in [3.05, 3.63) is 53.8 Å². The molecule has 1 aromatic carbocycles. The molecule has 0 atom stereocenters. The van der Waals surface area contributed by atoms with Crippen LogP contribution in [0.3, 0.4) is 0 Å². The Kier molecular flexibility index (Phi) is 4.59. The summed E-state index contributed by atoms with van der Waals surface area (Å²) < 4.78 is 14.9. The second kappa shape index (κ2) is 5.82. The predicted octanol–water partition coefficient (Wildman–Crippen LogP) is 5.49. The van der Waals surface area contributed by atoms with Gasteiger partial charge in [0.25, 0.3) is 0 Å². The largest absolute Gasteiger partial charge is 0.293 e. The molecule has 0 aliphatic heterocycles. The summed E-state index contributed by atoms with van der Waals surface area (Å²) in [7, 11) is 0. The van der Waals surface area contributed by atoms with Crippen molar-refractivity contribution >= 4 is 60.6 Å². The summed E-state index contributed by atoms with van der Waals surface area (Å²) >= 11 is 13.8. The van der Waals surface area contributed by atoms with Crippen LogP contribution in [0.2, 0.25) is 5.02 Å². The molecule has 0 N–H and O–H groups in total. The van der Waals surface area contributed by atoms with Crippen molar-refractivity contribution in [2.24, 2.45) is 0 Å². The van der Waals surface area contributed by atoms with Crippen molar-refractivity contribution in [3.63, 3.8) is 0 Å². The average Bonchev–Trinajstić information content (AvgIpc) is 2.66. The molecule has 1 nitrogen and oxygen atoms in total. The molecule has 2 rings (SSSR count). The highest BCUT2D eigenvalue weighted by Crippen LogP contribution is 2.33. The zero-order chi connectivity index (χ0) is 13.3. The molecule has 0 saturated heterocycles. The van der Waals surface area contributed by atoms with Crippen LogP contribution in [0.15, 0.2) is 32.5 Å². The van der Waals surface area contributed by atoms with Crippen molar-refractivity contribution in [3.8, 4) is 0 Å². The zero-order valence-electron chi connectivity index (χ0n) is 8.84. The fourth-order valence-corrected chi connectivity index (χ4v) is 3.60. The summed E-state index contributed by atoms with van der Waals surface area (Å²) in [5.74, 6) is -0.589. The monoisotopic (exact) mass is 410 g/mol. The number of Topliss-reactive ketones (excluding diaryl/α,β-unsaturated/α-hetero) is 1. The van der Waals surface area contributed by atoms with Crippen molar-refractivity contribution in [1.82, 2.24) is 0 Å². The molecule has 1 aromatic heterocycles. The molecule has 18 heavy (non-hydrogen) atoms. The Bertz CT molecular complexity index is 593. The second-order valence-electron chi connectivity index (χ2n) is 3.55. The Morgan fingerprint density at radius 3 is 2.72 bits per heavy atom. The number of thiophene rings is 1. The third kappa shape index (κ3) is 3.02. The molecule has 0 aliphatic carbocycles. The first kappa shape index (κ1) is 14.2. The van der Waals surface area contributed by atoms with Crippen LogP contribution in [-0.2, 0) is 6.42 Å². The first-order valence-electron chi connectivity index (χ1n) is 4.90. The number of hydrogen-bond acceptors (Lipinski definition) is 2. The van der Waals surface area contributed by atoms with Crippen molar-refractivity contribution in [1.29, 1.82) is 0 Å². The number of halogens is 4. The number of carbonyl (C=O) groups excluding carboxylic acids is 1. The van der Waals surface area contributed by atoms with E-state index in [9.17, 15) is 9.18 Å². The molecule has 0 bridgehead atoms. The van der Waals surface area contributed by atoms with Gasteiger partial charge in [0.1, 0.15) is 5.82 Å². The minimum absolute atomic E-state index is 0.0144. The van der Waals surface area contributed by atoms with Gasteiger partial charge in [0.15, 0.2) is 5.78 Å². The molecule has 0 radical (unpaired) electrons. The lowest BCUT2D eigenvalue weighted by atomic mass is 10.1. The van der Waals surface area contributed by atoms with Crippen LogP contribution < -0.4 is 0 Å². The molecule has 0 fully saturated rings. The van der Waals surface area contributed by atoms with E-state index in [-0.39, 0.29) is 17.2 Å². The lowest BCUT2D eigenvalue weighted by Gasteiger charge is -2.03. The van der Waals surface area contributed by atoms with Crippen LogP contribution in [0, 0.1) is 5.82 Å². The topological polar surface area (TPSA) is 17.1 Å².